The lowest BCUT2D eigenvalue weighted by atomic mass is 9.99. The van der Waals surface area contributed by atoms with E-state index in [1.807, 2.05) is 17.8 Å². The average molecular weight is 325 g/mol. The molecule has 0 radical (unpaired) electrons. The Morgan fingerprint density at radius 2 is 2.32 bits per heavy atom. The van der Waals surface area contributed by atoms with Crippen molar-refractivity contribution in [3.8, 4) is 6.07 Å². The van der Waals surface area contributed by atoms with Crippen LogP contribution in [0.1, 0.15) is 31.5 Å². The number of hydrogen-bond donors (Lipinski definition) is 0. The summed E-state index contributed by atoms with van der Waals surface area (Å²) in [5.74, 6) is 0.716. The van der Waals surface area contributed by atoms with E-state index >= 15 is 0 Å². The minimum atomic E-state index is -3.53. The molecule has 0 spiro atoms. The predicted molar refractivity (Wildman–Crippen MR) is 83.1 cm³/mol. The fourth-order valence-corrected chi connectivity index (χ4v) is 4.39. The molecular weight excluding hydrogens is 302 g/mol. The zero-order valence-corrected chi connectivity index (χ0v) is 14.1. The highest BCUT2D eigenvalue weighted by atomic mass is 32.2. The van der Waals surface area contributed by atoms with Crippen molar-refractivity contribution in [2.24, 2.45) is 13.0 Å². The minimum absolute atomic E-state index is 0.116. The third-order valence-electron chi connectivity index (χ3n) is 4.08. The number of rotatable bonds is 5. The first-order valence-corrected chi connectivity index (χ1v) is 8.84. The van der Waals surface area contributed by atoms with Gasteiger partial charge in [-0.3, -0.25) is 0 Å². The van der Waals surface area contributed by atoms with Crippen LogP contribution >= 0.6 is 0 Å². The van der Waals surface area contributed by atoms with Crippen LogP contribution < -0.4 is 0 Å². The zero-order chi connectivity index (χ0) is 16.3. The molecule has 22 heavy (non-hydrogen) atoms. The summed E-state index contributed by atoms with van der Waals surface area (Å²) in [5.41, 5.74) is 0. The van der Waals surface area contributed by atoms with Gasteiger partial charge in [-0.15, -0.1) is 0 Å². The van der Waals surface area contributed by atoms with Crippen molar-refractivity contribution in [2.75, 3.05) is 26.7 Å². The average Bonchev–Trinajstić information content (AvgIpc) is 2.93. The lowest BCUT2D eigenvalue weighted by Gasteiger charge is -2.34. The Hall–Kier alpha value is -1.43. The molecule has 1 aliphatic heterocycles. The standard InChI is InChI=1S/C14H23N5O2S/c1-12(9-15)10-18(3)22(20,21)19-7-4-5-13(11-19)14-16-6-8-17(14)2/h6,8,12-13H,4-5,7,10-11H2,1-3H3/t12-,13-/m0/s1. The van der Waals surface area contributed by atoms with Gasteiger partial charge in [-0.2, -0.15) is 22.3 Å². The summed E-state index contributed by atoms with van der Waals surface area (Å²) in [5, 5.41) is 8.86. The van der Waals surface area contributed by atoms with Crippen LogP contribution in [0.15, 0.2) is 12.4 Å². The maximum atomic E-state index is 12.7. The van der Waals surface area contributed by atoms with Gasteiger partial charge in [0.1, 0.15) is 5.82 Å². The van der Waals surface area contributed by atoms with Crippen LogP contribution in [0.25, 0.3) is 0 Å². The molecule has 0 unspecified atom stereocenters. The van der Waals surface area contributed by atoms with Crippen LogP contribution in [-0.4, -0.2) is 53.3 Å². The van der Waals surface area contributed by atoms with Crippen LogP contribution in [0.2, 0.25) is 0 Å². The van der Waals surface area contributed by atoms with E-state index < -0.39 is 10.2 Å². The summed E-state index contributed by atoms with van der Waals surface area (Å²) in [7, 11) is -0.0632. The van der Waals surface area contributed by atoms with E-state index in [0.717, 1.165) is 18.7 Å². The maximum absolute atomic E-state index is 12.7. The number of hydrogen-bond acceptors (Lipinski definition) is 4. The van der Waals surface area contributed by atoms with Crippen molar-refractivity contribution in [1.29, 1.82) is 5.26 Å². The molecule has 1 aromatic heterocycles. The molecule has 0 amide bonds. The second-order valence-corrected chi connectivity index (χ2v) is 7.95. The summed E-state index contributed by atoms with van der Waals surface area (Å²) in [6, 6.07) is 2.07. The molecule has 0 saturated carbocycles. The SMILES string of the molecule is C[C@@H](C#N)CN(C)S(=O)(=O)N1CCC[C@H](c2nccn2C)C1. The summed E-state index contributed by atoms with van der Waals surface area (Å²) in [6.45, 7) is 2.90. The molecule has 7 nitrogen and oxygen atoms in total. The normalized spacial score (nSPS) is 21.7. The van der Waals surface area contributed by atoms with Crippen molar-refractivity contribution in [3.63, 3.8) is 0 Å². The van der Waals surface area contributed by atoms with Crippen LogP contribution in [0.4, 0.5) is 0 Å². The van der Waals surface area contributed by atoms with Gasteiger partial charge in [0, 0.05) is 52.0 Å². The number of nitriles is 1. The van der Waals surface area contributed by atoms with Crippen molar-refractivity contribution in [2.45, 2.75) is 25.7 Å². The van der Waals surface area contributed by atoms with Gasteiger partial charge in [-0.05, 0) is 19.8 Å². The number of aromatic nitrogens is 2. The Labute approximate surface area is 132 Å². The van der Waals surface area contributed by atoms with E-state index in [1.54, 1.807) is 13.1 Å². The third-order valence-corrected chi connectivity index (χ3v) is 6.00. The van der Waals surface area contributed by atoms with Crippen LogP contribution in [0.3, 0.4) is 0 Å². The fraction of sp³-hybridized carbons (Fsp3) is 0.714. The Morgan fingerprint density at radius 1 is 1.59 bits per heavy atom. The third kappa shape index (κ3) is 3.48. The molecule has 0 aliphatic carbocycles. The van der Waals surface area contributed by atoms with E-state index in [1.165, 1.54) is 15.7 Å². The van der Waals surface area contributed by atoms with Gasteiger partial charge in [0.2, 0.25) is 0 Å². The fourth-order valence-electron chi connectivity index (χ4n) is 2.85. The Kier molecular flexibility index (Phi) is 5.21. The van der Waals surface area contributed by atoms with Gasteiger partial charge in [0.05, 0.1) is 12.0 Å². The summed E-state index contributed by atoms with van der Waals surface area (Å²) in [4.78, 5) is 4.35. The molecule has 1 aromatic rings. The lowest BCUT2D eigenvalue weighted by Crippen LogP contribution is -2.47. The molecule has 1 aliphatic rings. The predicted octanol–water partition coefficient (Wildman–Crippen LogP) is 0.936. The highest BCUT2D eigenvalue weighted by molar-refractivity contribution is 7.86. The van der Waals surface area contributed by atoms with E-state index in [0.29, 0.717) is 13.1 Å². The maximum Gasteiger partial charge on any atom is 0.281 e. The minimum Gasteiger partial charge on any atom is -0.338 e. The molecule has 0 N–H and O–H groups in total. The molecule has 2 rings (SSSR count). The smallest absolute Gasteiger partial charge is 0.281 e. The van der Waals surface area contributed by atoms with Crippen molar-refractivity contribution < 1.29 is 8.42 Å². The van der Waals surface area contributed by atoms with Crippen LogP contribution in [0.5, 0.6) is 0 Å². The molecule has 8 heteroatoms. The first-order valence-electron chi connectivity index (χ1n) is 7.44. The zero-order valence-electron chi connectivity index (χ0n) is 13.3. The topological polar surface area (TPSA) is 82.2 Å². The largest absolute Gasteiger partial charge is 0.338 e. The lowest BCUT2D eigenvalue weighted by molar-refractivity contribution is 0.282. The summed E-state index contributed by atoms with van der Waals surface area (Å²) >= 11 is 0. The summed E-state index contributed by atoms with van der Waals surface area (Å²) in [6.07, 6.45) is 5.38. The van der Waals surface area contributed by atoms with Gasteiger partial charge in [-0.1, -0.05) is 0 Å². The van der Waals surface area contributed by atoms with E-state index in [4.69, 9.17) is 5.26 Å². The highest BCUT2D eigenvalue weighted by Crippen LogP contribution is 2.27. The van der Waals surface area contributed by atoms with Gasteiger partial charge in [0.15, 0.2) is 0 Å². The Morgan fingerprint density at radius 3 is 2.91 bits per heavy atom. The molecule has 2 atom stereocenters. The summed E-state index contributed by atoms with van der Waals surface area (Å²) < 4.78 is 30.0. The van der Waals surface area contributed by atoms with Crippen molar-refractivity contribution >= 4 is 10.2 Å². The van der Waals surface area contributed by atoms with Crippen LogP contribution in [0, 0.1) is 17.2 Å². The Balaban J connectivity index is 2.11. The van der Waals surface area contributed by atoms with Gasteiger partial charge in [-0.25, -0.2) is 4.98 Å². The molecule has 122 valence electrons. The highest BCUT2D eigenvalue weighted by Gasteiger charge is 2.34. The number of imidazole rings is 1. The first kappa shape index (κ1) is 16.9. The molecule has 2 heterocycles. The second-order valence-electron chi connectivity index (χ2n) is 5.91. The molecule has 0 bridgehead atoms. The van der Waals surface area contributed by atoms with Crippen LogP contribution in [-0.2, 0) is 17.3 Å². The van der Waals surface area contributed by atoms with Gasteiger partial charge >= 0.3 is 0 Å². The monoisotopic (exact) mass is 325 g/mol. The number of aryl methyl sites for hydroxylation is 1. The van der Waals surface area contributed by atoms with E-state index in [9.17, 15) is 8.42 Å². The quantitative estimate of drug-likeness (QED) is 0.806. The molecular formula is C14H23N5O2S. The van der Waals surface area contributed by atoms with Crippen molar-refractivity contribution in [3.05, 3.63) is 18.2 Å². The van der Waals surface area contributed by atoms with Gasteiger partial charge < -0.3 is 4.57 Å². The molecule has 1 saturated heterocycles. The second kappa shape index (κ2) is 6.77. The van der Waals surface area contributed by atoms with Crippen molar-refractivity contribution in [1.82, 2.24) is 18.2 Å². The van der Waals surface area contributed by atoms with Gasteiger partial charge in [0.25, 0.3) is 10.2 Å². The number of piperidine rings is 1. The molecule has 0 aromatic carbocycles. The molecule has 1 fully saturated rings. The number of nitrogens with zero attached hydrogens (tertiary/aromatic N) is 5. The Bertz CT molecular complexity index is 648. The van der Waals surface area contributed by atoms with E-state index in [2.05, 4.69) is 11.1 Å². The van der Waals surface area contributed by atoms with E-state index in [-0.39, 0.29) is 18.4 Å². The first-order chi connectivity index (χ1) is 10.4.